The molecule has 1 aromatic heterocycles. The fourth-order valence-electron chi connectivity index (χ4n) is 6.00. The van der Waals surface area contributed by atoms with Gasteiger partial charge in [0.05, 0.1) is 5.69 Å². The Hall–Kier alpha value is -4.95. The first kappa shape index (κ1) is 25.0. The minimum absolute atomic E-state index is 0.0687. The van der Waals surface area contributed by atoms with Gasteiger partial charge in [-0.05, 0) is 56.9 Å². The van der Waals surface area contributed by atoms with Crippen molar-refractivity contribution >= 4 is 49.5 Å². The number of hydrogen-bond donors (Lipinski definition) is 0. The van der Waals surface area contributed by atoms with Crippen LogP contribution in [0.25, 0.3) is 43.4 Å². The number of hydrogen-bond acceptors (Lipinski definition) is 2. The molecule has 0 unspecified atom stereocenters. The van der Waals surface area contributed by atoms with Crippen molar-refractivity contribution in [2.45, 2.75) is 26.2 Å². The van der Waals surface area contributed by atoms with Gasteiger partial charge < -0.3 is 0 Å². The summed E-state index contributed by atoms with van der Waals surface area (Å²) in [6, 6.07) is 50.0. The third kappa shape index (κ3) is 4.33. The van der Waals surface area contributed by atoms with E-state index in [1.807, 2.05) is 0 Å². The van der Waals surface area contributed by atoms with Gasteiger partial charge in [0.1, 0.15) is 5.82 Å². The maximum absolute atomic E-state index is 5.26. The zero-order chi connectivity index (χ0) is 28.0. The van der Waals surface area contributed by atoms with Crippen LogP contribution in [-0.4, -0.2) is 4.98 Å². The third-order valence-electron chi connectivity index (χ3n) is 7.93. The highest BCUT2D eigenvalue weighted by Crippen LogP contribution is 2.48. The Labute approximate surface area is 241 Å². The molecule has 0 aliphatic heterocycles. The van der Waals surface area contributed by atoms with Gasteiger partial charge in [0, 0.05) is 27.6 Å². The summed E-state index contributed by atoms with van der Waals surface area (Å²) < 4.78 is 0. The Bertz CT molecular complexity index is 1970. The molecule has 7 rings (SSSR count). The molecule has 6 aromatic carbocycles. The fourth-order valence-corrected chi connectivity index (χ4v) is 6.00. The smallest absolute Gasteiger partial charge is 0.137 e. The van der Waals surface area contributed by atoms with Gasteiger partial charge in [-0.1, -0.05) is 136 Å². The van der Waals surface area contributed by atoms with Crippen LogP contribution in [0.2, 0.25) is 0 Å². The van der Waals surface area contributed by atoms with Crippen LogP contribution in [0.4, 0.5) is 17.2 Å². The number of para-hydroxylation sites is 1. The Balaban J connectivity index is 1.62. The zero-order valence-corrected chi connectivity index (χ0v) is 23.7. The van der Waals surface area contributed by atoms with Gasteiger partial charge in [0.25, 0.3) is 0 Å². The Morgan fingerprint density at radius 3 is 1.68 bits per heavy atom. The maximum atomic E-state index is 5.26. The van der Waals surface area contributed by atoms with E-state index in [1.165, 1.54) is 43.4 Å². The number of benzene rings is 6. The van der Waals surface area contributed by atoms with E-state index in [-0.39, 0.29) is 5.41 Å². The first-order chi connectivity index (χ1) is 20.0. The average molecular weight is 529 g/mol. The molecule has 0 radical (unpaired) electrons. The Kier molecular flexibility index (Phi) is 6.05. The van der Waals surface area contributed by atoms with E-state index in [1.54, 1.807) is 0 Å². The summed E-state index contributed by atoms with van der Waals surface area (Å²) in [7, 11) is 0. The minimum Gasteiger partial charge on any atom is -0.294 e. The van der Waals surface area contributed by atoms with Crippen molar-refractivity contribution in [2.75, 3.05) is 4.90 Å². The van der Waals surface area contributed by atoms with Crippen LogP contribution in [-0.2, 0) is 5.41 Å². The second-order valence-electron chi connectivity index (χ2n) is 11.6. The van der Waals surface area contributed by atoms with E-state index in [0.717, 1.165) is 22.9 Å². The maximum Gasteiger partial charge on any atom is 0.137 e. The van der Waals surface area contributed by atoms with Gasteiger partial charge in [-0.15, -0.1) is 0 Å². The van der Waals surface area contributed by atoms with Crippen molar-refractivity contribution in [1.29, 1.82) is 0 Å². The van der Waals surface area contributed by atoms with E-state index < -0.39 is 0 Å². The third-order valence-corrected chi connectivity index (χ3v) is 7.93. The lowest BCUT2D eigenvalue weighted by molar-refractivity contribution is 0.569. The standard InChI is InChI=1S/C39H32N2/c1-39(2,3)35-25-14-26-36(40-35)41(28-17-5-4-6-18-28)38-33-22-11-9-20-31(33)37(32-21-10-12-23-34(32)38)30-24-13-16-27-15-7-8-19-29(27)30/h4-26H,1-3H3. The summed E-state index contributed by atoms with van der Waals surface area (Å²) in [5.41, 5.74) is 5.74. The number of pyridine rings is 1. The normalized spacial score (nSPS) is 11.8. The molecule has 0 saturated heterocycles. The van der Waals surface area contributed by atoms with Crippen LogP contribution in [0.3, 0.4) is 0 Å². The Morgan fingerprint density at radius 1 is 0.488 bits per heavy atom. The van der Waals surface area contributed by atoms with Crippen LogP contribution in [0.1, 0.15) is 26.5 Å². The largest absolute Gasteiger partial charge is 0.294 e. The lowest BCUT2D eigenvalue weighted by Gasteiger charge is -2.30. The number of nitrogens with zero attached hydrogens (tertiary/aromatic N) is 2. The molecule has 0 amide bonds. The van der Waals surface area contributed by atoms with Gasteiger partial charge in [0.15, 0.2) is 0 Å². The second-order valence-corrected chi connectivity index (χ2v) is 11.6. The predicted octanol–water partition coefficient (Wildman–Crippen LogP) is 11.0. The summed E-state index contributed by atoms with van der Waals surface area (Å²) in [6.45, 7) is 6.65. The van der Waals surface area contributed by atoms with E-state index in [2.05, 4.69) is 165 Å². The van der Waals surface area contributed by atoms with Crippen LogP contribution >= 0.6 is 0 Å². The van der Waals surface area contributed by atoms with Crippen molar-refractivity contribution < 1.29 is 0 Å². The van der Waals surface area contributed by atoms with Gasteiger partial charge in [0.2, 0.25) is 0 Å². The van der Waals surface area contributed by atoms with E-state index in [4.69, 9.17) is 4.98 Å². The topological polar surface area (TPSA) is 16.1 Å². The highest BCUT2D eigenvalue weighted by Gasteiger charge is 2.24. The number of rotatable bonds is 4. The van der Waals surface area contributed by atoms with Crippen LogP contribution in [0.5, 0.6) is 0 Å². The molecule has 0 bridgehead atoms. The minimum atomic E-state index is -0.0687. The molecule has 198 valence electrons. The molecule has 41 heavy (non-hydrogen) atoms. The van der Waals surface area contributed by atoms with Crippen molar-refractivity contribution in [2.24, 2.45) is 0 Å². The molecule has 2 heteroatoms. The lowest BCUT2D eigenvalue weighted by atomic mass is 9.88. The highest BCUT2D eigenvalue weighted by molar-refractivity contribution is 6.24. The second kappa shape index (κ2) is 9.91. The molecule has 0 spiro atoms. The van der Waals surface area contributed by atoms with Gasteiger partial charge in [-0.3, -0.25) is 4.90 Å². The molecule has 0 atom stereocenters. The van der Waals surface area contributed by atoms with Crippen molar-refractivity contribution in [3.8, 4) is 11.1 Å². The zero-order valence-electron chi connectivity index (χ0n) is 23.7. The summed E-state index contributed by atoms with van der Waals surface area (Å²) in [6.07, 6.45) is 0. The molecular weight excluding hydrogens is 496 g/mol. The molecule has 2 nitrogen and oxygen atoms in total. The van der Waals surface area contributed by atoms with Gasteiger partial charge in [-0.2, -0.15) is 0 Å². The van der Waals surface area contributed by atoms with Crippen molar-refractivity contribution in [3.63, 3.8) is 0 Å². The average Bonchev–Trinajstić information content (AvgIpc) is 3.01. The van der Waals surface area contributed by atoms with Crippen LogP contribution in [0, 0.1) is 0 Å². The molecule has 0 aliphatic rings. The van der Waals surface area contributed by atoms with E-state index in [9.17, 15) is 0 Å². The van der Waals surface area contributed by atoms with E-state index >= 15 is 0 Å². The molecule has 0 N–H and O–H groups in total. The summed E-state index contributed by atoms with van der Waals surface area (Å²) in [5, 5.41) is 7.35. The highest BCUT2D eigenvalue weighted by atomic mass is 15.2. The summed E-state index contributed by atoms with van der Waals surface area (Å²) in [4.78, 5) is 7.60. The van der Waals surface area contributed by atoms with Crippen LogP contribution in [0.15, 0.2) is 140 Å². The number of fused-ring (bicyclic) bond motifs is 3. The van der Waals surface area contributed by atoms with Crippen molar-refractivity contribution in [3.05, 3.63) is 145 Å². The lowest BCUT2D eigenvalue weighted by Crippen LogP contribution is -2.18. The SMILES string of the molecule is CC(C)(C)c1cccc(N(c2ccccc2)c2c3ccccc3c(-c3cccc4ccccc34)c3ccccc23)n1. The molecular formula is C39H32N2. The first-order valence-corrected chi connectivity index (χ1v) is 14.2. The molecule has 7 aromatic rings. The van der Waals surface area contributed by atoms with Crippen molar-refractivity contribution in [1.82, 2.24) is 4.98 Å². The van der Waals surface area contributed by atoms with Crippen LogP contribution < -0.4 is 4.90 Å². The Morgan fingerprint density at radius 2 is 1.02 bits per heavy atom. The molecule has 1 heterocycles. The fraction of sp³-hybridized carbons (Fsp3) is 0.103. The molecule has 0 aliphatic carbocycles. The van der Waals surface area contributed by atoms with Gasteiger partial charge >= 0.3 is 0 Å². The number of anilines is 3. The monoisotopic (exact) mass is 528 g/mol. The first-order valence-electron chi connectivity index (χ1n) is 14.2. The van der Waals surface area contributed by atoms with Gasteiger partial charge in [-0.25, -0.2) is 4.98 Å². The molecule has 0 saturated carbocycles. The quantitative estimate of drug-likeness (QED) is 0.211. The predicted molar refractivity (Wildman–Crippen MR) is 176 cm³/mol. The molecule has 0 fully saturated rings. The summed E-state index contributed by atoms with van der Waals surface area (Å²) in [5.74, 6) is 0.914. The van der Waals surface area contributed by atoms with E-state index in [0.29, 0.717) is 0 Å². The number of aromatic nitrogens is 1. The summed E-state index contributed by atoms with van der Waals surface area (Å²) >= 11 is 0.